The van der Waals surface area contributed by atoms with Crippen molar-refractivity contribution < 1.29 is 36.2 Å². The van der Waals surface area contributed by atoms with Crippen LogP contribution in [-0.2, 0) is 34.3 Å². The molecule has 0 spiro atoms. The van der Waals surface area contributed by atoms with Crippen molar-refractivity contribution in [2.45, 2.75) is 23.6 Å². The van der Waals surface area contributed by atoms with Crippen molar-refractivity contribution in [1.82, 2.24) is 18.7 Å². The van der Waals surface area contributed by atoms with E-state index in [1.165, 1.54) is 32.6 Å². The fourth-order valence-corrected chi connectivity index (χ4v) is 6.87. The van der Waals surface area contributed by atoms with Crippen LogP contribution < -0.4 is 11.1 Å². The molecule has 0 saturated carbocycles. The fourth-order valence-electron chi connectivity index (χ4n) is 5.57. The van der Waals surface area contributed by atoms with Gasteiger partial charge in [0.2, 0.25) is 0 Å². The van der Waals surface area contributed by atoms with E-state index in [9.17, 15) is 45.7 Å². The Morgan fingerprint density at radius 1 is 0.577 bits per heavy atom. The molecule has 0 saturated heterocycles. The minimum Gasteiger partial charge on any atom is -0.744 e. The van der Waals surface area contributed by atoms with E-state index in [0.29, 0.717) is 23.5 Å². The molecule has 2 aromatic heterocycles. The van der Waals surface area contributed by atoms with Crippen LogP contribution in [0.25, 0.3) is 22.1 Å². The number of fused-ring (bicyclic) bond motifs is 1. The van der Waals surface area contributed by atoms with Gasteiger partial charge in [-0.15, -0.1) is 20.5 Å². The average molecular weight is 747 g/mol. The minimum atomic E-state index is -5.51. The highest BCUT2D eigenvalue weighted by molar-refractivity contribution is 7.86. The van der Waals surface area contributed by atoms with E-state index in [-0.39, 0.29) is 22.8 Å². The first-order chi connectivity index (χ1) is 24.4. The number of hydrogen-bond donors (Lipinski definition) is 2. The van der Waals surface area contributed by atoms with Crippen LogP contribution in [0.2, 0.25) is 0 Å². The number of benzene rings is 4. The second-order valence-electron chi connectivity index (χ2n) is 11.4. The van der Waals surface area contributed by atoms with Crippen molar-refractivity contribution in [2.75, 3.05) is 0 Å². The quantitative estimate of drug-likeness (QED) is 0.163. The zero-order chi connectivity index (χ0) is 37.9. The van der Waals surface area contributed by atoms with Gasteiger partial charge in [-0.2, -0.15) is 0 Å². The van der Waals surface area contributed by atoms with Crippen LogP contribution in [0, 0.1) is 13.8 Å². The Balaban J connectivity index is 1.57. The molecule has 0 aliphatic carbocycles. The summed E-state index contributed by atoms with van der Waals surface area (Å²) in [5.41, 5.74) is -2.61. The molecule has 52 heavy (non-hydrogen) atoms. The number of hydrogen-bond acceptors (Lipinski definition) is 14. The Morgan fingerprint density at radius 2 is 0.904 bits per heavy atom. The second-order valence-corrected chi connectivity index (χ2v) is 14.1. The predicted molar refractivity (Wildman–Crippen MR) is 183 cm³/mol. The first-order valence-electron chi connectivity index (χ1n) is 14.9. The van der Waals surface area contributed by atoms with E-state index in [2.05, 4.69) is 20.5 Å². The van der Waals surface area contributed by atoms with E-state index in [1.54, 1.807) is 74.8 Å². The van der Waals surface area contributed by atoms with Gasteiger partial charge in [0.25, 0.3) is 11.1 Å². The number of aromatic nitrogens is 4. The summed E-state index contributed by atoms with van der Waals surface area (Å²) in [5, 5.41) is 36.5. The van der Waals surface area contributed by atoms with Gasteiger partial charge in [-0.05, 0) is 55.6 Å². The summed E-state index contributed by atoms with van der Waals surface area (Å²) >= 11 is 0. The molecule has 6 rings (SSSR count). The molecule has 268 valence electrons. The molecule has 2 heterocycles. The lowest BCUT2D eigenvalue weighted by atomic mass is 10.1. The Bertz CT molecular complexity index is 2650. The number of phenols is 2. The van der Waals surface area contributed by atoms with Gasteiger partial charge < -0.3 is 19.3 Å². The molecule has 18 nitrogen and oxygen atoms in total. The molecule has 20 heteroatoms. The molecule has 0 fully saturated rings. The molecule has 6 aromatic rings. The molecule has 0 aliphatic heterocycles. The van der Waals surface area contributed by atoms with Crippen LogP contribution in [0.15, 0.2) is 113 Å². The summed E-state index contributed by atoms with van der Waals surface area (Å²) in [6.07, 6.45) is 0. The maximum atomic E-state index is 13.4. The summed E-state index contributed by atoms with van der Waals surface area (Å²) in [4.78, 5) is 24.3. The first kappa shape index (κ1) is 35.6. The average Bonchev–Trinajstić information content (AvgIpc) is 3.43. The second kappa shape index (κ2) is 12.8. The fraction of sp³-hybridized carbons (Fsp3) is 0.125. The largest absolute Gasteiger partial charge is 0.744 e. The normalized spacial score (nSPS) is 12.5. The third-order valence-corrected chi connectivity index (χ3v) is 10.0. The summed E-state index contributed by atoms with van der Waals surface area (Å²) in [7, 11) is -7.93. The Morgan fingerprint density at radius 3 is 1.23 bits per heavy atom. The molecule has 0 atom stereocenters. The molecule has 0 unspecified atom stereocenters. The van der Waals surface area contributed by atoms with Gasteiger partial charge in [-0.3, -0.25) is 19.0 Å². The Hall–Kier alpha value is -6.22. The summed E-state index contributed by atoms with van der Waals surface area (Å²) in [6, 6.07) is 17.9. The van der Waals surface area contributed by atoms with Crippen LogP contribution >= 0.6 is 0 Å². The zero-order valence-corrected chi connectivity index (χ0v) is 29.1. The van der Waals surface area contributed by atoms with Crippen LogP contribution in [0.3, 0.4) is 0 Å². The highest BCUT2D eigenvalue weighted by Gasteiger charge is 2.26. The third kappa shape index (κ3) is 5.98. The monoisotopic (exact) mass is 746 g/mol. The molecular formula is C32H26N8O10S2-2. The topological polar surface area (TPSA) is 258 Å². The highest BCUT2D eigenvalue weighted by Crippen LogP contribution is 2.50. The van der Waals surface area contributed by atoms with Crippen LogP contribution in [-0.4, -0.2) is 54.9 Å². The lowest BCUT2D eigenvalue weighted by Crippen LogP contribution is -2.19. The Labute approximate surface area is 293 Å². The van der Waals surface area contributed by atoms with Crippen molar-refractivity contribution in [3.63, 3.8) is 0 Å². The van der Waals surface area contributed by atoms with Gasteiger partial charge in [0, 0.05) is 14.1 Å². The molecule has 0 aliphatic rings. The van der Waals surface area contributed by atoms with Gasteiger partial charge in [-0.1, -0.05) is 36.4 Å². The number of para-hydroxylation sites is 2. The van der Waals surface area contributed by atoms with Crippen LogP contribution in [0.4, 0.5) is 22.7 Å². The molecule has 4 aromatic carbocycles. The van der Waals surface area contributed by atoms with Crippen molar-refractivity contribution >= 4 is 53.8 Å². The summed E-state index contributed by atoms with van der Waals surface area (Å²) in [5.74, 6) is -2.39. The molecule has 2 N–H and O–H groups in total. The van der Waals surface area contributed by atoms with Crippen molar-refractivity contribution in [1.29, 1.82) is 0 Å². The van der Waals surface area contributed by atoms with E-state index in [4.69, 9.17) is 0 Å². The van der Waals surface area contributed by atoms with Gasteiger partial charge in [-0.25, -0.2) is 26.2 Å². The lowest BCUT2D eigenvalue weighted by molar-refractivity contribution is 0.452. The Kier molecular flexibility index (Phi) is 8.79. The van der Waals surface area contributed by atoms with Crippen molar-refractivity contribution in [3.05, 3.63) is 105 Å². The van der Waals surface area contributed by atoms with Gasteiger partial charge in [0.05, 0.1) is 37.9 Å². The van der Waals surface area contributed by atoms with Crippen LogP contribution in [0.5, 0.6) is 11.5 Å². The van der Waals surface area contributed by atoms with E-state index in [1.807, 2.05) is 0 Å². The van der Waals surface area contributed by atoms with Crippen LogP contribution in [0.1, 0.15) is 11.4 Å². The number of aromatic hydroxyl groups is 2. The van der Waals surface area contributed by atoms with E-state index in [0.717, 1.165) is 0 Å². The van der Waals surface area contributed by atoms with Crippen molar-refractivity contribution in [2.24, 2.45) is 34.6 Å². The maximum absolute atomic E-state index is 13.4. The summed E-state index contributed by atoms with van der Waals surface area (Å²) < 4.78 is 79.6. The SMILES string of the molecule is Cc1c(N=Nc2c(S(=O)(=O)[O-])cc3cc(S(=O)(=O)[O-])c(N=Nc4c(C)n(C)n(-c5ccccc5)c4=O)c(O)c3c2O)c(=O)n(-c2ccccc2)n1C. The van der Waals surface area contributed by atoms with Gasteiger partial charge in [0.1, 0.15) is 31.6 Å². The first-order valence-corrected chi connectivity index (χ1v) is 17.7. The van der Waals surface area contributed by atoms with Gasteiger partial charge >= 0.3 is 0 Å². The number of phenolic OH excluding ortho intramolecular Hbond substituents is 2. The number of azo groups is 2. The predicted octanol–water partition coefficient (Wildman–Crippen LogP) is 4.49. The number of nitrogens with zero attached hydrogens (tertiary/aromatic N) is 8. The number of rotatable bonds is 8. The summed E-state index contributed by atoms with van der Waals surface area (Å²) in [6.45, 7) is 3.02. The van der Waals surface area contributed by atoms with Crippen molar-refractivity contribution in [3.8, 4) is 22.9 Å². The molecule has 0 radical (unpaired) electrons. The minimum absolute atomic E-state index is 0.253. The lowest BCUT2D eigenvalue weighted by Gasteiger charge is -2.17. The molecule has 0 bridgehead atoms. The zero-order valence-electron chi connectivity index (χ0n) is 27.5. The third-order valence-electron chi connectivity index (χ3n) is 8.34. The van der Waals surface area contributed by atoms with E-state index >= 15 is 0 Å². The standard InChI is InChI=1S/C32H28N8O10S2/c1-17-25(31(43)39(37(17)3)20-11-7-5-8-12-20)33-35-27-22(51(45,46)47)15-19-16-23(52(48,49)50)28(30(42)24(19)29(27)41)36-34-26-18(2)38(4)40(32(26)44)21-13-9-6-10-14-21/h5-16,41-42H,1-4H3,(H,45,46,47)(H,48,49,50)/p-2. The van der Waals surface area contributed by atoms with Gasteiger partial charge in [0.15, 0.2) is 22.9 Å². The molecule has 0 amide bonds. The maximum Gasteiger partial charge on any atom is 0.299 e. The smallest absolute Gasteiger partial charge is 0.299 e. The van der Waals surface area contributed by atoms with E-state index < -0.39 is 74.8 Å². The highest BCUT2D eigenvalue weighted by atomic mass is 32.2. The molecular weight excluding hydrogens is 721 g/mol.